The molecule has 0 aliphatic carbocycles. The number of hydrogen-bond donors (Lipinski definition) is 2. The van der Waals surface area contributed by atoms with Gasteiger partial charge in [0, 0.05) is 24.2 Å². The molecule has 2 amide bonds. The molecule has 7 heteroatoms. The number of hydrogen-bond acceptors (Lipinski definition) is 4. The Morgan fingerprint density at radius 1 is 1.09 bits per heavy atom. The van der Waals surface area contributed by atoms with Crippen molar-refractivity contribution in [2.75, 3.05) is 10.6 Å². The lowest BCUT2D eigenvalue weighted by Crippen LogP contribution is -2.15. The molecule has 0 unspecified atom stereocenters. The molecule has 0 atom stereocenters. The van der Waals surface area contributed by atoms with E-state index in [-0.39, 0.29) is 11.8 Å². The van der Waals surface area contributed by atoms with Crippen molar-refractivity contribution in [2.24, 2.45) is 5.92 Å². The number of aromatic nitrogens is 3. The van der Waals surface area contributed by atoms with Crippen LogP contribution in [-0.4, -0.2) is 26.6 Å². The number of aryl methyl sites for hydroxylation is 1. The van der Waals surface area contributed by atoms with Crippen LogP contribution in [0.2, 0.25) is 0 Å². The second-order valence-electron chi connectivity index (χ2n) is 5.68. The summed E-state index contributed by atoms with van der Waals surface area (Å²) in [5.41, 5.74) is 1.41. The zero-order valence-electron chi connectivity index (χ0n) is 13.3. The minimum atomic E-state index is -0.0999. The monoisotopic (exact) mass is 315 g/mol. The van der Waals surface area contributed by atoms with Gasteiger partial charge in [-0.2, -0.15) is 5.10 Å². The van der Waals surface area contributed by atoms with Crippen LogP contribution < -0.4 is 10.6 Å². The van der Waals surface area contributed by atoms with E-state index in [2.05, 4.69) is 20.7 Å². The molecule has 1 aromatic carbocycles. The average Bonchev–Trinajstić information content (AvgIpc) is 3.00. The first-order valence-electron chi connectivity index (χ1n) is 7.55. The van der Waals surface area contributed by atoms with E-state index in [1.807, 2.05) is 13.8 Å². The van der Waals surface area contributed by atoms with Crippen molar-refractivity contribution in [2.45, 2.75) is 33.2 Å². The fourth-order valence-corrected chi connectivity index (χ4v) is 2.01. The molecule has 0 aliphatic rings. The lowest BCUT2D eigenvalue weighted by molar-refractivity contribution is -0.117. The molecule has 0 saturated carbocycles. The van der Waals surface area contributed by atoms with E-state index in [1.165, 1.54) is 6.33 Å². The van der Waals surface area contributed by atoms with E-state index in [0.717, 1.165) is 5.69 Å². The van der Waals surface area contributed by atoms with E-state index in [1.54, 1.807) is 35.3 Å². The maximum atomic E-state index is 11.8. The summed E-state index contributed by atoms with van der Waals surface area (Å²) in [6, 6.07) is 7.06. The zero-order valence-corrected chi connectivity index (χ0v) is 13.3. The van der Waals surface area contributed by atoms with Gasteiger partial charge in [0.2, 0.25) is 11.8 Å². The number of nitrogens with one attached hydrogen (secondary N) is 2. The van der Waals surface area contributed by atoms with Crippen molar-refractivity contribution in [3.63, 3.8) is 0 Å². The highest BCUT2D eigenvalue weighted by molar-refractivity contribution is 5.92. The predicted octanol–water partition coefficient (Wildman–Crippen LogP) is 2.29. The third-order valence-electron chi connectivity index (χ3n) is 3.08. The van der Waals surface area contributed by atoms with E-state index >= 15 is 0 Å². The van der Waals surface area contributed by atoms with Gasteiger partial charge in [-0.3, -0.25) is 14.3 Å². The number of carbonyl (C=O) groups excluding carboxylic acids is 2. The Morgan fingerprint density at radius 2 is 1.70 bits per heavy atom. The normalized spacial score (nSPS) is 10.6. The Bertz CT molecular complexity index is 635. The quantitative estimate of drug-likeness (QED) is 0.820. The van der Waals surface area contributed by atoms with Crippen LogP contribution in [0.4, 0.5) is 11.4 Å². The van der Waals surface area contributed by atoms with Crippen molar-refractivity contribution in [1.29, 1.82) is 0 Å². The first-order valence-corrected chi connectivity index (χ1v) is 7.55. The lowest BCUT2D eigenvalue weighted by atomic mass is 10.1. The molecule has 23 heavy (non-hydrogen) atoms. The van der Waals surface area contributed by atoms with E-state index in [0.29, 0.717) is 31.0 Å². The van der Waals surface area contributed by atoms with Crippen molar-refractivity contribution < 1.29 is 9.59 Å². The summed E-state index contributed by atoms with van der Waals surface area (Å²) in [5.74, 6) is 0.209. The van der Waals surface area contributed by atoms with Gasteiger partial charge >= 0.3 is 0 Å². The van der Waals surface area contributed by atoms with Gasteiger partial charge in [-0.05, 0) is 30.2 Å². The van der Waals surface area contributed by atoms with Gasteiger partial charge in [0.1, 0.15) is 12.7 Å². The molecule has 0 spiro atoms. The molecule has 0 saturated heterocycles. The highest BCUT2D eigenvalue weighted by Crippen LogP contribution is 2.14. The van der Waals surface area contributed by atoms with E-state index in [9.17, 15) is 9.59 Å². The summed E-state index contributed by atoms with van der Waals surface area (Å²) in [4.78, 5) is 27.4. The minimum absolute atomic E-state index is 0.00961. The molecule has 2 rings (SSSR count). The van der Waals surface area contributed by atoms with Gasteiger partial charge in [0.05, 0.1) is 6.54 Å². The number of benzene rings is 1. The number of amides is 2. The van der Waals surface area contributed by atoms with Crippen LogP contribution in [0.1, 0.15) is 26.7 Å². The van der Waals surface area contributed by atoms with Crippen molar-refractivity contribution >= 4 is 23.2 Å². The first-order chi connectivity index (χ1) is 11.0. The highest BCUT2D eigenvalue weighted by Gasteiger charge is 2.06. The van der Waals surface area contributed by atoms with Crippen LogP contribution in [0.3, 0.4) is 0 Å². The number of carbonyl (C=O) groups is 2. The molecule has 0 bridgehead atoms. The fourth-order valence-electron chi connectivity index (χ4n) is 2.01. The molecule has 2 aromatic rings. The maximum Gasteiger partial charge on any atom is 0.226 e. The summed E-state index contributed by atoms with van der Waals surface area (Å²) in [5, 5.41) is 9.57. The van der Waals surface area contributed by atoms with E-state index < -0.39 is 0 Å². The smallest absolute Gasteiger partial charge is 0.226 e. The zero-order chi connectivity index (χ0) is 16.7. The summed E-state index contributed by atoms with van der Waals surface area (Å²) in [6.07, 6.45) is 3.81. The molecule has 122 valence electrons. The number of rotatable bonds is 7. The Morgan fingerprint density at radius 3 is 2.22 bits per heavy atom. The van der Waals surface area contributed by atoms with Gasteiger partial charge in [-0.25, -0.2) is 4.98 Å². The largest absolute Gasteiger partial charge is 0.326 e. The molecule has 7 nitrogen and oxygen atoms in total. The standard InChI is InChI=1S/C16H21N5O2/c1-12(2)9-16(23)20-14-5-3-13(4-6-14)19-15(22)7-8-21-11-17-10-18-21/h3-6,10-12H,7-9H2,1-2H3,(H,19,22)(H,20,23). The van der Waals surface area contributed by atoms with Crippen molar-refractivity contribution in [3.05, 3.63) is 36.9 Å². The molecular formula is C16H21N5O2. The lowest BCUT2D eigenvalue weighted by Gasteiger charge is -2.09. The first kappa shape index (κ1) is 16.7. The third kappa shape index (κ3) is 5.90. The third-order valence-corrected chi connectivity index (χ3v) is 3.08. The van der Waals surface area contributed by atoms with Crippen LogP contribution in [-0.2, 0) is 16.1 Å². The minimum Gasteiger partial charge on any atom is -0.326 e. The highest BCUT2D eigenvalue weighted by atomic mass is 16.2. The van der Waals surface area contributed by atoms with Gasteiger partial charge < -0.3 is 10.6 Å². The molecular weight excluding hydrogens is 294 g/mol. The van der Waals surface area contributed by atoms with Gasteiger partial charge in [0.15, 0.2) is 0 Å². The molecule has 0 radical (unpaired) electrons. The van der Waals surface area contributed by atoms with Crippen LogP contribution >= 0.6 is 0 Å². The molecule has 2 N–H and O–H groups in total. The Kier molecular flexibility index (Phi) is 5.85. The maximum absolute atomic E-state index is 11.8. The predicted molar refractivity (Wildman–Crippen MR) is 87.8 cm³/mol. The van der Waals surface area contributed by atoms with Crippen molar-refractivity contribution in [1.82, 2.24) is 14.8 Å². The molecule has 1 aromatic heterocycles. The molecule has 0 aliphatic heterocycles. The Balaban J connectivity index is 1.80. The second kappa shape index (κ2) is 8.07. The Hall–Kier alpha value is -2.70. The van der Waals surface area contributed by atoms with Crippen molar-refractivity contribution in [3.8, 4) is 0 Å². The topological polar surface area (TPSA) is 88.9 Å². The Labute approximate surface area is 135 Å². The van der Waals surface area contributed by atoms with E-state index in [4.69, 9.17) is 0 Å². The summed E-state index contributed by atoms with van der Waals surface area (Å²) in [6.45, 7) is 4.48. The molecule has 0 fully saturated rings. The summed E-state index contributed by atoms with van der Waals surface area (Å²) in [7, 11) is 0. The summed E-state index contributed by atoms with van der Waals surface area (Å²) < 4.78 is 1.60. The number of nitrogens with zero attached hydrogens (tertiary/aromatic N) is 3. The molecule has 1 heterocycles. The van der Waals surface area contributed by atoms with Gasteiger partial charge in [-0.15, -0.1) is 0 Å². The van der Waals surface area contributed by atoms with Gasteiger partial charge in [0.25, 0.3) is 0 Å². The van der Waals surface area contributed by atoms with Gasteiger partial charge in [-0.1, -0.05) is 13.8 Å². The van der Waals surface area contributed by atoms with Crippen LogP contribution in [0, 0.1) is 5.92 Å². The second-order valence-corrected chi connectivity index (χ2v) is 5.68. The number of anilines is 2. The SMILES string of the molecule is CC(C)CC(=O)Nc1ccc(NC(=O)CCn2cncn2)cc1. The van der Waals surface area contributed by atoms with Crippen LogP contribution in [0.25, 0.3) is 0 Å². The van der Waals surface area contributed by atoms with Crippen LogP contribution in [0.5, 0.6) is 0 Å². The fraction of sp³-hybridized carbons (Fsp3) is 0.375. The summed E-state index contributed by atoms with van der Waals surface area (Å²) >= 11 is 0. The average molecular weight is 315 g/mol. The van der Waals surface area contributed by atoms with Crippen LogP contribution in [0.15, 0.2) is 36.9 Å².